The average Bonchev–Trinajstić information content (AvgIpc) is 2.70. The molecule has 2 rings (SSSR count). The molecule has 0 aromatic heterocycles. The van der Waals surface area contributed by atoms with Gasteiger partial charge in [0.1, 0.15) is 0 Å². The zero-order chi connectivity index (χ0) is 13.0. The molecule has 1 aliphatic rings. The van der Waals surface area contributed by atoms with Crippen LogP contribution in [0.4, 0.5) is 0 Å². The molecule has 3 nitrogen and oxygen atoms in total. The summed E-state index contributed by atoms with van der Waals surface area (Å²) in [6.07, 6.45) is 1.49. The van der Waals surface area contributed by atoms with Gasteiger partial charge in [-0.05, 0) is 24.0 Å². The molecule has 0 saturated carbocycles. The minimum atomic E-state index is 0.226. The van der Waals surface area contributed by atoms with Crippen LogP contribution in [0.15, 0.2) is 24.3 Å². The summed E-state index contributed by atoms with van der Waals surface area (Å²) in [7, 11) is 1.65. The SMILES string of the molecule is COCCN1CC(Cc2ccccc2Cl)CC1=O. The lowest BCUT2D eigenvalue weighted by molar-refractivity contribution is -0.128. The number of benzene rings is 1. The highest BCUT2D eigenvalue weighted by Crippen LogP contribution is 2.25. The first-order valence-electron chi connectivity index (χ1n) is 6.21. The summed E-state index contributed by atoms with van der Waals surface area (Å²) >= 11 is 6.14. The first kappa shape index (κ1) is 13.4. The van der Waals surface area contributed by atoms with Crippen LogP contribution in [0.25, 0.3) is 0 Å². The number of ether oxygens (including phenoxy) is 1. The van der Waals surface area contributed by atoms with Crippen LogP contribution in [0.5, 0.6) is 0 Å². The number of methoxy groups -OCH3 is 1. The standard InChI is InChI=1S/C14H18ClNO2/c1-18-7-6-16-10-11(9-14(16)17)8-12-4-2-3-5-13(12)15/h2-5,11H,6-10H2,1H3. The van der Waals surface area contributed by atoms with Crippen LogP contribution in [0.2, 0.25) is 5.02 Å². The molecule has 1 saturated heterocycles. The van der Waals surface area contributed by atoms with Crippen molar-refractivity contribution in [1.82, 2.24) is 4.90 Å². The first-order valence-corrected chi connectivity index (χ1v) is 6.58. The van der Waals surface area contributed by atoms with Crippen molar-refractivity contribution in [3.8, 4) is 0 Å². The van der Waals surface area contributed by atoms with E-state index in [-0.39, 0.29) is 5.91 Å². The fourth-order valence-corrected chi connectivity index (χ4v) is 2.60. The molecule has 1 unspecified atom stereocenters. The van der Waals surface area contributed by atoms with E-state index in [4.69, 9.17) is 16.3 Å². The van der Waals surface area contributed by atoms with Crippen molar-refractivity contribution in [3.05, 3.63) is 34.9 Å². The lowest BCUT2D eigenvalue weighted by Crippen LogP contribution is -2.28. The predicted octanol–water partition coefficient (Wildman–Crippen LogP) is 2.38. The van der Waals surface area contributed by atoms with Crippen LogP contribution in [-0.2, 0) is 16.0 Å². The Bertz CT molecular complexity index is 422. The molecule has 1 fully saturated rings. The number of carbonyl (C=O) groups excluding carboxylic acids is 1. The second kappa shape index (κ2) is 6.21. The van der Waals surface area contributed by atoms with Crippen LogP contribution in [0.3, 0.4) is 0 Å². The molecule has 1 aromatic rings. The van der Waals surface area contributed by atoms with Gasteiger partial charge in [-0.3, -0.25) is 4.79 Å². The maximum atomic E-state index is 11.8. The molecule has 1 amide bonds. The van der Waals surface area contributed by atoms with Gasteiger partial charge in [-0.1, -0.05) is 29.8 Å². The lowest BCUT2D eigenvalue weighted by Gasteiger charge is -2.16. The van der Waals surface area contributed by atoms with Gasteiger partial charge in [0.15, 0.2) is 0 Å². The Kier molecular flexibility index (Phi) is 4.61. The molecular formula is C14H18ClNO2. The highest BCUT2D eigenvalue weighted by molar-refractivity contribution is 6.31. The summed E-state index contributed by atoms with van der Waals surface area (Å²) in [4.78, 5) is 13.7. The molecule has 0 N–H and O–H groups in total. The highest BCUT2D eigenvalue weighted by atomic mass is 35.5. The fraction of sp³-hybridized carbons (Fsp3) is 0.500. The second-order valence-electron chi connectivity index (χ2n) is 4.70. The predicted molar refractivity (Wildman–Crippen MR) is 71.7 cm³/mol. The molecule has 1 aliphatic heterocycles. The van der Waals surface area contributed by atoms with Gasteiger partial charge in [0.05, 0.1) is 6.61 Å². The minimum Gasteiger partial charge on any atom is -0.383 e. The zero-order valence-electron chi connectivity index (χ0n) is 10.6. The van der Waals surface area contributed by atoms with E-state index in [0.717, 1.165) is 23.6 Å². The van der Waals surface area contributed by atoms with Gasteiger partial charge in [0, 0.05) is 31.6 Å². The van der Waals surface area contributed by atoms with Crippen molar-refractivity contribution in [2.75, 3.05) is 26.8 Å². The smallest absolute Gasteiger partial charge is 0.223 e. The Morgan fingerprint density at radius 2 is 2.22 bits per heavy atom. The molecule has 4 heteroatoms. The van der Waals surface area contributed by atoms with Gasteiger partial charge in [-0.2, -0.15) is 0 Å². The Morgan fingerprint density at radius 3 is 2.94 bits per heavy atom. The minimum absolute atomic E-state index is 0.226. The molecule has 1 aromatic carbocycles. The number of likely N-dealkylation sites (tertiary alicyclic amines) is 1. The van der Waals surface area contributed by atoms with Gasteiger partial charge < -0.3 is 9.64 Å². The molecule has 18 heavy (non-hydrogen) atoms. The van der Waals surface area contributed by atoms with Gasteiger partial charge in [-0.25, -0.2) is 0 Å². The quantitative estimate of drug-likeness (QED) is 0.820. The Labute approximate surface area is 113 Å². The van der Waals surface area contributed by atoms with Gasteiger partial charge in [0.25, 0.3) is 0 Å². The number of nitrogens with zero attached hydrogens (tertiary/aromatic N) is 1. The Balaban J connectivity index is 1.92. The number of amides is 1. The number of carbonyl (C=O) groups is 1. The third-order valence-corrected chi connectivity index (χ3v) is 3.70. The fourth-order valence-electron chi connectivity index (χ4n) is 2.38. The molecule has 0 spiro atoms. The first-order chi connectivity index (χ1) is 8.70. The summed E-state index contributed by atoms with van der Waals surface area (Å²) < 4.78 is 5.01. The molecule has 0 bridgehead atoms. The lowest BCUT2D eigenvalue weighted by atomic mass is 9.98. The van der Waals surface area contributed by atoms with Crippen LogP contribution in [0.1, 0.15) is 12.0 Å². The topological polar surface area (TPSA) is 29.5 Å². The molecule has 1 atom stereocenters. The van der Waals surface area contributed by atoms with Crippen molar-refractivity contribution in [2.24, 2.45) is 5.92 Å². The van der Waals surface area contributed by atoms with E-state index >= 15 is 0 Å². The molecule has 0 radical (unpaired) electrons. The van der Waals surface area contributed by atoms with E-state index < -0.39 is 0 Å². The van der Waals surface area contributed by atoms with E-state index in [1.807, 2.05) is 29.2 Å². The number of hydrogen-bond acceptors (Lipinski definition) is 2. The summed E-state index contributed by atoms with van der Waals surface area (Å²) in [5.74, 6) is 0.596. The van der Waals surface area contributed by atoms with E-state index in [2.05, 4.69) is 0 Å². The van der Waals surface area contributed by atoms with Crippen LogP contribution in [0, 0.1) is 5.92 Å². The largest absolute Gasteiger partial charge is 0.383 e. The second-order valence-corrected chi connectivity index (χ2v) is 5.11. The summed E-state index contributed by atoms with van der Waals surface area (Å²) in [6, 6.07) is 7.85. The Morgan fingerprint density at radius 1 is 1.44 bits per heavy atom. The highest BCUT2D eigenvalue weighted by Gasteiger charge is 2.29. The van der Waals surface area contributed by atoms with Crippen LogP contribution < -0.4 is 0 Å². The summed E-state index contributed by atoms with van der Waals surface area (Å²) in [5.41, 5.74) is 1.13. The van der Waals surface area contributed by atoms with Crippen LogP contribution in [-0.4, -0.2) is 37.6 Å². The molecule has 0 aliphatic carbocycles. The van der Waals surface area contributed by atoms with E-state index in [0.29, 0.717) is 25.5 Å². The van der Waals surface area contributed by atoms with E-state index in [1.54, 1.807) is 7.11 Å². The number of rotatable bonds is 5. The summed E-state index contributed by atoms with van der Waals surface area (Å²) in [5, 5.41) is 0.792. The zero-order valence-corrected chi connectivity index (χ0v) is 11.3. The van der Waals surface area contributed by atoms with Crippen molar-refractivity contribution in [1.29, 1.82) is 0 Å². The van der Waals surface area contributed by atoms with Crippen molar-refractivity contribution >= 4 is 17.5 Å². The van der Waals surface area contributed by atoms with Crippen molar-refractivity contribution < 1.29 is 9.53 Å². The van der Waals surface area contributed by atoms with E-state index in [9.17, 15) is 4.79 Å². The maximum absolute atomic E-state index is 11.8. The average molecular weight is 268 g/mol. The number of halogens is 1. The van der Waals surface area contributed by atoms with Gasteiger partial charge in [-0.15, -0.1) is 0 Å². The third kappa shape index (κ3) is 3.24. The molecule has 98 valence electrons. The van der Waals surface area contributed by atoms with Gasteiger partial charge in [0.2, 0.25) is 5.91 Å². The van der Waals surface area contributed by atoms with Crippen molar-refractivity contribution in [2.45, 2.75) is 12.8 Å². The van der Waals surface area contributed by atoms with Crippen molar-refractivity contribution in [3.63, 3.8) is 0 Å². The van der Waals surface area contributed by atoms with E-state index in [1.165, 1.54) is 0 Å². The maximum Gasteiger partial charge on any atom is 0.223 e. The van der Waals surface area contributed by atoms with Gasteiger partial charge >= 0.3 is 0 Å². The monoisotopic (exact) mass is 267 g/mol. The molecular weight excluding hydrogens is 250 g/mol. The normalized spacial score (nSPS) is 19.6. The molecule has 1 heterocycles. The third-order valence-electron chi connectivity index (χ3n) is 3.33. The summed E-state index contributed by atoms with van der Waals surface area (Å²) in [6.45, 7) is 2.10. The number of hydrogen-bond donors (Lipinski definition) is 0. The van der Waals surface area contributed by atoms with Crippen LogP contribution >= 0.6 is 11.6 Å². The Hall–Kier alpha value is -1.06.